The van der Waals surface area contributed by atoms with Crippen LogP contribution in [0.25, 0.3) is 0 Å². The Balaban J connectivity index is 3.03. The molecule has 1 aromatic rings. The highest BCUT2D eigenvalue weighted by atomic mass is 19.4. The normalized spacial score (nSPS) is 13.2. The van der Waals surface area contributed by atoms with Gasteiger partial charge in [-0.25, -0.2) is 4.79 Å². The van der Waals surface area contributed by atoms with Gasteiger partial charge in [-0.2, -0.15) is 13.2 Å². The fourth-order valence-corrected chi connectivity index (χ4v) is 1.22. The molecular weight excluding hydrogens is 271 g/mol. The lowest BCUT2D eigenvalue weighted by atomic mass is 9.91. The molecule has 3 nitrogen and oxygen atoms in total. The number of hydrogen-bond acceptors (Lipinski definition) is 3. The van der Waals surface area contributed by atoms with Gasteiger partial charge < -0.3 is 4.84 Å². The predicted molar refractivity (Wildman–Crippen MR) is 69.2 cm³/mol. The molecule has 0 bridgehead atoms. The lowest BCUT2D eigenvalue weighted by Gasteiger charge is -2.18. The summed E-state index contributed by atoms with van der Waals surface area (Å²) in [6.07, 6.45) is -4.26. The van der Waals surface area contributed by atoms with Crippen LogP contribution in [-0.4, -0.2) is 17.9 Å². The third kappa shape index (κ3) is 4.08. The fraction of sp³-hybridized carbons (Fsp3) is 0.429. The zero-order valence-electron chi connectivity index (χ0n) is 11.5. The smallest absolute Gasteiger partial charge is 0.317 e. The van der Waals surface area contributed by atoms with Crippen molar-refractivity contribution in [2.24, 2.45) is 10.6 Å². The summed E-state index contributed by atoms with van der Waals surface area (Å²) in [7, 11) is 0. The molecule has 1 rings (SSSR count). The molecule has 1 aromatic carbocycles. The number of carbonyl (C=O) groups excluding carboxylic acids is 1. The monoisotopic (exact) mass is 287 g/mol. The molecule has 0 unspecified atom stereocenters. The average molecular weight is 287 g/mol. The Morgan fingerprint density at radius 2 is 1.75 bits per heavy atom. The summed E-state index contributed by atoms with van der Waals surface area (Å²) in [5.41, 5.74) is -2.25. The van der Waals surface area contributed by atoms with Crippen molar-refractivity contribution in [3.05, 3.63) is 35.9 Å². The topological polar surface area (TPSA) is 38.7 Å². The molecule has 0 radical (unpaired) electrons. The van der Waals surface area contributed by atoms with E-state index in [0.29, 0.717) is 6.42 Å². The van der Waals surface area contributed by atoms with Crippen molar-refractivity contribution in [1.29, 1.82) is 0 Å². The fourth-order valence-electron chi connectivity index (χ4n) is 1.22. The number of nitrogens with zero attached hydrogens (tertiary/aromatic N) is 1. The van der Waals surface area contributed by atoms with Gasteiger partial charge in [0.1, 0.15) is 0 Å². The Bertz CT molecular complexity index is 493. The highest BCUT2D eigenvalue weighted by Gasteiger charge is 2.38. The summed E-state index contributed by atoms with van der Waals surface area (Å²) < 4.78 is 38.7. The van der Waals surface area contributed by atoms with E-state index in [4.69, 9.17) is 0 Å². The van der Waals surface area contributed by atoms with Crippen molar-refractivity contribution in [2.45, 2.75) is 33.4 Å². The second kappa shape index (κ2) is 6.07. The Morgan fingerprint density at radius 1 is 1.20 bits per heavy atom. The van der Waals surface area contributed by atoms with Crippen LogP contribution in [0.5, 0.6) is 0 Å². The van der Waals surface area contributed by atoms with Gasteiger partial charge in [-0.1, -0.05) is 42.4 Å². The minimum Gasteiger partial charge on any atom is -0.317 e. The van der Waals surface area contributed by atoms with Crippen LogP contribution in [0.3, 0.4) is 0 Å². The van der Waals surface area contributed by atoms with Gasteiger partial charge in [0.2, 0.25) is 0 Å². The van der Waals surface area contributed by atoms with Crippen LogP contribution in [0.4, 0.5) is 13.2 Å². The Labute approximate surface area is 115 Å². The average Bonchev–Trinajstić information content (AvgIpc) is 2.38. The van der Waals surface area contributed by atoms with E-state index in [0.717, 1.165) is 0 Å². The van der Waals surface area contributed by atoms with Crippen LogP contribution in [0, 0.1) is 5.41 Å². The van der Waals surface area contributed by atoms with Crippen LogP contribution >= 0.6 is 0 Å². The number of halogens is 3. The first-order valence-electron chi connectivity index (χ1n) is 6.10. The molecule has 0 N–H and O–H groups in total. The lowest BCUT2D eigenvalue weighted by molar-refractivity contribution is -0.154. The maximum atomic E-state index is 12.9. The summed E-state index contributed by atoms with van der Waals surface area (Å²) in [5.74, 6) is -0.794. The molecule has 20 heavy (non-hydrogen) atoms. The molecule has 0 spiro atoms. The van der Waals surface area contributed by atoms with E-state index in [9.17, 15) is 18.0 Å². The van der Waals surface area contributed by atoms with Crippen LogP contribution in [-0.2, 0) is 9.63 Å². The van der Waals surface area contributed by atoms with Crippen LogP contribution in [0.1, 0.15) is 32.8 Å². The second-order valence-electron chi connectivity index (χ2n) is 4.92. The van der Waals surface area contributed by atoms with Crippen molar-refractivity contribution < 1.29 is 22.8 Å². The largest absolute Gasteiger partial charge is 0.437 e. The molecule has 0 atom stereocenters. The zero-order chi connectivity index (χ0) is 15.4. The first-order chi connectivity index (χ1) is 9.18. The maximum Gasteiger partial charge on any atom is 0.437 e. The van der Waals surface area contributed by atoms with Crippen molar-refractivity contribution in [1.82, 2.24) is 0 Å². The molecule has 0 aliphatic carbocycles. The van der Waals surface area contributed by atoms with E-state index in [-0.39, 0.29) is 5.56 Å². The number of alkyl halides is 3. The van der Waals surface area contributed by atoms with E-state index in [1.54, 1.807) is 26.8 Å². The van der Waals surface area contributed by atoms with Gasteiger partial charge >= 0.3 is 12.1 Å². The summed E-state index contributed by atoms with van der Waals surface area (Å²) in [4.78, 5) is 16.1. The van der Waals surface area contributed by atoms with Crippen LogP contribution in [0.2, 0.25) is 0 Å². The van der Waals surface area contributed by atoms with Gasteiger partial charge in [0.15, 0.2) is 5.71 Å². The van der Waals surface area contributed by atoms with Crippen molar-refractivity contribution >= 4 is 11.7 Å². The Morgan fingerprint density at radius 3 is 2.20 bits per heavy atom. The second-order valence-corrected chi connectivity index (χ2v) is 4.92. The molecule has 0 saturated carbocycles. The van der Waals surface area contributed by atoms with E-state index >= 15 is 0 Å². The number of carbonyl (C=O) groups is 1. The minimum absolute atomic E-state index is 0.151. The van der Waals surface area contributed by atoms with Crippen molar-refractivity contribution in [2.75, 3.05) is 0 Å². The summed E-state index contributed by atoms with van der Waals surface area (Å²) in [6, 6.07) is 7.00. The lowest BCUT2D eigenvalue weighted by Crippen LogP contribution is -2.28. The van der Waals surface area contributed by atoms with E-state index in [1.807, 2.05) is 0 Å². The van der Waals surface area contributed by atoms with Gasteiger partial charge in [-0.3, -0.25) is 0 Å². The minimum atomic E-state index is -4.70. The number of oxime groups is 1. The molecule has 0 amide bonds. The highest BCUT2D eigenvalue weighted by molar-refractivity contribution is 6.04. The summed E-state index contributed by atoms with van der Waals surface area (Å²) in [5, 5.41) is 3.02. The zero-order valence-corrected chi connectivity index (χ0v) is 11.5. The molecule has 0 heterocycles. The van der Waals surface area contributed by atoms with Gasteiger partial charge in [0.25, 0.3) is 0 Å². The van der Waals surface area contributed by atoms with E-state index in [2.05, 4.69) is 9.99 Å². The van der Waals surface area contributed by atoms with E-state index in [1.165, 1.54) is 24.3 Å². The molecule has 0 aliphatic heterocycles. The van der Waals surface area contributed by atoms with Gasteiger partial charge in [-0.05, 0) is 20.3 Å². The number of benzene rings is 1. The maximum absolute atomic E-state index is 12.9. The van der Waals surface area contributed by atoms with Crippen molar-refractivity contribution in [3.63, 3.8) is 0 Å². The predicted octanol–water partition coefficient (Wildman–Crippen LogP) is 3.93. The standard InChI is InChI=1S/C14H16F3NO2/c1-4-13(2,3)12(19)20-18-11(14(15,16)17)10-8-6-5-7-9-10/h5-9H,4H2,1-3H3. The molecule has 0 saturated heterocycles. The van der Waals surface area contributed by atoms with Gasteiger partial charge in [-0.15, -0.1) is 0 Å². The SMILES string of the molecule is CCC(C)(C)C(=O)ON=C(c1ccccc1)C(F)(F)F. The first kappa shape index (κ1) is 16.2. The Kier molecular flexibility index (Phi) is 4.92. The number of rotatable bonds is 4. The van der Waals surface area contributed by atoms with Crippen LogP contribution < -0.4 is 0 Å². The molecule has 0 aromatic heterocycles. The quantitative estimate of drug-likeness (QED) is 0.478. The molecule has 0 aliphatic rings. The Hall–Kier alpha value is -1.85. The van der Waals surface area contributed by atoms with E-state index < -0.39 is 23.3 Å². The van der Waals surface area contributed by atoms with Crippen molar-refractivity contribution in [3.8, 4) is 0 Å². The highest BCUT2D eigenvalue weighted by Crippen LogP contribution is 2.25. The first-order valence-corrected chi connectivity index (χ1v) is 6.10. The summed E-state index contributed by atoms with van der Waals surface area (Å²) >= 11 is 0. The number of hydrogen-bond donors (Lipinski definition) is 0. The molecule has 110 valence electrons. The van der Waals surface area contributed by atoms with Gasteiger partial charge in [0, 0.05) is 5.56 Å². The molecular formula is C14H16F3NO2. The third-order valence-electron chi connectivity index (χ3n) is 2.97. The molecule has 6 heteroatoms. The summed E-state index contributed by atoms with van der Waals surface area (Å²) in [6.45, 7) is 4.91. The molecule has 0 fully saturated rings. The van der Waals surface area contributed by atoms with Crippen LogP contribution in [0.15, 0.2) is 35.5 Å². The third-order valence-corrected chi connectivity index (χ3v) is 2.97. The van der Waals surface area contributed by atoms with Gasteiger partial charge in [0.05, 0.1) is 5.41 Å².